The van der Waals surface area contributed by atoms with Crippen LogP contribution >= 0.6 is 0 Å². The molecule has 0 aromatic carbocycles. The van der Waals surface area contributed by atoms with Crippen molar-refractivity contribution in [2.24, 2.45) is 0 Å². The standard InChI is InChI=1S/C66H112O6/c1-4-7-10-13-16-19-22-25-28-29-30-31-32-33-34-35-36-37-39-41-44-47-50-53-56-59-65(68)71-62-63(61-70-64(67)58-55-52-49-46-43-40-27-24-21-18-15-12-9-6-3)72-66(69)60-57-54-51-48-45-42-38-26-23-20-17-14-11-8-5-2/h7,10,16-17,19-20,25-26,28,30-31,33-34,36-38,63H,4-6,8-9,11-15,18,21-24,27,29,32,35,39-62H2,1-3H3/b10-7-,19-16-,20-17-,28-25-,31-30-,34-33-,37-36-,38-26-. The Labute approximate surface area is 445 Å². The Bertz CT molecular complexity index is 1430. The Balaban J connectivity index is 4.38. The van der Waals surface area contributed by atoms with Crippen molar-refractivity contribution in [1.29, 1.82) is 0 Å². The van der Waals surface area contributed by atoms with Crippen molar-refractivity contribution >= 4 is 17.9 Å². The fourth-order valence-corrected chi connectivity index (χ4v) is 8.30. The van der Waals surface area contributed by atoms with E-state index in [1.54, 1.807) is 0 Å². The summed E-state index contributed by atoms with van der Waals surface area (Å²) in [5.74, 6) is -0.908. The van der Waals surface area contributed by atoms with Gasteiger partial charge in [-0.3, -0.25) is 14.4 Å². The van der Waals surface area contributed by atoms with E-state index in [9.17, 15) is 14.4 Å². The zero-order valence-electron chi connectivity index (χ0n) is 47.2. The number of esters is 3. The van der Waals surface area contributed by atoms with Gasteiger partial charge in [-0.05, 0) is 103 Å². The molecule has 412 valence electrons. The second-order valence-corrected chi connectivity index (χ2v) is 19.9. The number of ether oxygens (including phenoxy) is 3. The van der Waals surface area contributed by atoms with Gasteiger partial charge in [0.05, 0.1) is 0 Å². The van der Waals surface area contributed by atoms with Crippen LogP contribution in [0.3, 0.4) is 0 Å². The largest absolute Gasteiger partial charge is 0.462 e. The Morgan fingerprint density at radius 3 is 0.875 bits per heavy atom. The molecule has 0 saturated heterocycles. The van der Waals surface area contributed by atoms with E-state index in [4.69, 9.17) is 14.2 Å². The lowest BCUT2D eigenvalue weighted by Crippen LogP contribution is -2.30. The van der Waals surface area contributed by atoms with Crippen LogP contribution in [0.25, 0.3) is 0 Å². The molecule has 72 heavy (non-hydrogen) atoms. The van der Waals surface area contributed by atoms with Crippen LogP contribution in [-0.4, -0.2) is 37.2 Å². The average molecular weight is 1000 g/mol. The molecule has 0 N–H and O–H groups in total. The fourth-order valence-electron chi connectivity index (χ4n) is 8.30. The van der Waals surface area contributed by atoms with E-state index >= 15 is 0 Å². The lowest BCUT2D eigenvalue weighted by atomic mass is 10.0. The van der Waals surface area contributed by atoms with Gasteiger partial charge in [-0.15, -0.1) is 0 Å². The number of unbranched alkanes of at least 4 members (excludes halogenated alkanes) is 27. The summed E-state index contributed by atoms with van der Waals surface area (Å²) in [5, 5.41) is 0. The monoisotopic (exact) mass is 1000 g/mol. The predicted octanol–water partition coefficient (Wildman–Crippen LogP) is 20.5. The first-order valence-corrected chi connectivity index (χ1v) is 30.2. The first kappa shape index (κ1) is 68.3. The van der Waals surface area contributed by atoms with Gasteiger partial charge in [0.2, 0.25) is 0 Å². The number of carbonyl (C=O) groups is 3. The van der Waals surface area contributed by atoms with Gasteiger partial charge >= 0.3 is 17.9 Å². The lowest BCUT2D eigenvalue weighted by molar-refractivity contribution is -0.167. The molecule has 0 spiro atoms. The summed E-state index contributed by atoms with van der Waals surface area (Å²) >= 11 is 0. The minimum atomic E-state index is -0.791. The Morgan fingerprint density at radius 2 is 0.542 bits per heavy atom. The number of allylic oxidation sites excluding steroid dienone is 16. The summed E-state index contributed by atoms with van der Waals surface area (Å²) in [6.07, 6.45) is 79.7. The van der Waals surface area contributed by atoms with Gasteiger partial charge in [0.15, 0.2) is 6.10 Å². The molecule has 0 aromatic heterocycles. The summed E-state index contributed by atoms with van der Waals surface area (Å²) in [7, 11) is 0. The molecule has 0 aliphatic carbocycles. The van der Waals surface area contributed by atoms with E-state index < -0.39 is 6.10 Å². The molecule has 0 aliphatic rings. The molecule has 1 unspecified atom stereocenters. The van der Waals surface area contributed by atoms with Gasteiger partial charge in [-0.2, -0.15) is 0 Å². The molecule has 0 aromatic rings. The van der Waals surface area contributed by atoms with Gasteiger partial charge in [0, 0.05) is 19.3 Å². The van der Waals surface area contributed by atoms with Crippen molar-refractivity contribution < 1.29 is 28.6 Å². The molecule has 6 heteroatoms. The molecule has 0 rings (SSSR count). The Kier molecular flexibility index (Phi) is 56.8. The first-order chi connectivity index (χ1) is 35.5. The van der Waals surface area contributed by atoms with E-state index in [-0.39, 0.29) is 31.1 Å². The highest BCUT2D eigenvalue weighted by Gasteiger charge is 2.19. The second kappa shape index (κ2) is 59.9. The van der Waals surface area contributed by atoms with Crippen LogP contribution in [0.4, 0.5) is 0 Å². The van der Waals surface area contributed by atoms with Crippen molar-refractivity contribution in [3.05, 3.63) is 97.2 Å². The summed E-state index contributed by atoms with van der Waals surface area (Å²) in [4.78, 5) is 38.2. The van der Waals surface area contributed by atoms with Gasteiger partial charge in [0.1, 0.15) is 13.2 Å². The van der Waals surface area contributed by atoms with Crippen LogP contribution in [0.5, 0.6) is 0 Å². The summed E-state index contributed by atoms with van der Waals surface area (Å²) < 4.78 is 16.9. The van der Waals surface area contributed by atoms with Crippen molar-refractivity contribution in [3.8, 4) is 0 Å². The van der Waals surface area contributed by atoms with Gasteiger partial charge in [-0.1, -0.05) is 259 Å². The number of carbonyl (C=O) groups excluding carboxylic acids is 3. The third-order valence-electron chi connectivity index (χ3n) is 12.8. The average Bonchev–Trinajstić information content (AvgIpc) is 3.38. The van der Waals surface area contributed by atoms with Crippen molar-refractivity contribution in [3.63, 3.8) is 0 Å². The van der Waals surface area contributed by atoms with Crippen LogP contribution in [0, 0.1) is 0 Å². The van der Waals surface area contributed by atoms with Gasteiger partial charge in [-0.25, -0.2) is 0 Å². The maximum atomic E-state index is 12.9. The highest BCUT2D eigenvalue weighted by molar-refractivity contribution is 5.71. The normalized spacial score (nSPS) is 12.8. The predicted molar refractivity (Wildman–Crippen MR) is 311 cm³/mol. The maximum Gasteiger partial charge on any atom is 0.306 e. The quantitative estimate of drug-likeness (QED) is 0.0261. The topological polar surface area (TPSA) is 78.9 Å². The lowest BCUT2D eigenvalue weighted by Gasteiger charge is -2.18. The minimum Gasteiger partial charge on any atom is -0.462 e. The Hall–Kier alpha value is -3.67. The summed E-state index contributed by atoms with van der Waals surface area (Å²) in [5.41, 5.74) is 0. The molecular weight excluding hydrogens is 889 g/mol. The Morgan fingerprint density at radius 1 is 0.292 bits per heavy atom. The molecule has 0 saturated carbocycles. The summed E-state index contributed by atoms with van der Waals surface area (Å²) in [6, 6.07) is 0. The van der Waals surface area contributed by atoms with E-state index in [2.05, 4.69) is 118 Å². The number of rotatable bonds is 54. The molecule has 0 fully saturated rings. The SMILES string of the molecule is CC/C=C\C/C=C\C/C=C\C/C=C\C/C=C\C/C=C\CCCCCCCCC(=O)OCC(COC(=O)CCCCCCCCCCCCCCCC)OC(=O)CCCCCCC/C=C\C/C=C\CCCCC. The molecule has 0 amide bonds. The highest BCUT2D eigenvalue weighted by atomic mass is 16.6. The van der Waals surface area contributed by atoms with E-state index in [0.717, 1.165) is 135 Å². The minimum absolute atomic E-state index is 0.0861. The molecular formula is C66H112O6. The smallest absolute Gasteiger partial charge is 0.306 e. The molecule has 1 atom stereocenters. The van der Waals surface area contributed by atoms with Gasteiger partial charge < -0.3 is 14.2 Å². The van der Waals surface area contributed by atoms with E-state index in [1.807, 2.05) is 0 Å². The second-order valence-electron chi connectivity index (χ2n) is 19.9. The summed E-state index contributed by atoms with van der Waals surface area (Å²) in [6.45, 7) is 6.49. The molecule has 0 bridgehead atoms. The fraction of sp³-hybridized carbons (Fsp3) is 0.712. The van der Waals surface area contributed by atoms with E-state index in [0.29, 0.717) is 19.3 Å². The zero-order valence-corrected chi connectivity index (χ0v) is 47.2. The van der Waals surface area contributed by atoms with Gasteiger partial charge in [0.25, 0.3) is 0 Å². The third-order valence-corrected chi connectivity index (χ3v) is 12.8. The maximum absolute atomic E-state index is 12.9. The molecule has 0 heterocycles. The first-order valence-electron chi connectivity index (χ1n) is 30.2. The molecule has 0 radical (unpaired) electrons. The van der Waals surface area contributed by atoms with Crippen LogP contribution < -0.4 is 0 Å². The van der Waals surface area contributed by atoms with E-state index in [1.165, 1.54) is 109 Å². The van der Waals surface area contributed by atoms with Crippen LogP contribution in [0.15, 0.2) is 97.2 Å². The molecule has 0 aliphatic heterocycles. The van der Waals surface area contributed by atoms with Crippen molar-refractivity contribution in [2.45, 2.75) is 290 Å². The molecule has 6 nitrogen and oxygen atoms in total. The van der Waals surface area contributed by atoms with Crippen molar-refractivity contribution in [1.82, 2.24) is 0 Å². The third kappa shape index (κ3) is 57.2. The zero-order chi connectivity index (χ0) is 52.2. The number of hydrogen-bond acceptors (Lipinski definition) is 6. The van der Waals surface area contributed by atoms with Crippen LogP contribution in [0.2, 0.25) is 0 Å². The van der Waals surface area contributed by atoms with Crippen LogP contribution in [-0.2, 0) is 28.6 Å². The highest BCUT2D eigenvalue weighted by Crippen LogP contribution is 2.15. The number of hydrogen-bond donors (Lipinski definition) is 0. The van der Waals surface area contributed by atoms with Crippen LogP contribution in [0.1, 0.15) is 284 Å². The van der Waals surface area contributed by atoms with Crippen molar-refractivity contribution in [2.75, 3.05) is 13.2 Å².